The number of piperidine rings is 2. The zero-order valence-electron chi connectivity index (χ0n) is 20.2. The molecule has 2 heterocycles. The standard InChI is InChI=1S/C27H34Cl3N3O2/c1-18(23-6-4-21(28)15-25(23)30)31-26-16-22(5-7-24(26)29)33-13-8-19(9-14-33)20-3-2-11-32(17-20)12-10-27(34)35/h4-7,15-16,18-20,31H,2-3,8-14,17H2,1H3,(H,34,35). The lowest BCUT2D eigenvalue weighted by Gasteiger charge is -2.41. The van der Waals surface area contributed by atoms with E-state index in [-0.39, 0.29) is 12.5 Å². The summed E-state index contributed by atoms with van der Waals surface area (Å²) in [6.45, 7) is 6.85. The molecule has 2 unspecified atom stereocenters. The molecule has 5 nitrogen and oxygen atoms in total. The third-order valence-electron chi connectivity index (χ3n) is 7.51. The third-order valence-corrected chi connectivity index (χ3v) is 8.40. The summed E-state index contributed by atoms with van der Waals surface area (Å²) in [6.07, 6.45) is 5.00. The largest absolute Gasteiger partial charge is 0.481 e. The minimum Gasteiger partial charge on any atom is -0.481 e. The molecule has 8 heteroatoms. The van der Waals surface area contributed by atoms with Crippen LogP contribution >= 0.6 is 34.8 Å². The number of nitrogens with one attached hydrogen (secondary N) is 1. The van der Waals surface area contributed by atoms with Gasteiger partial charge < -0.3 is 20.2 Å². The number of likely N-dealkylation sites (tertiary alicyclic amines) is 1. The number of aliphatic carboxylic acids is 1. The highest BCUT2D eigenvalue weighted by Gasteiger charge is 2.30. The fourth-order valence-electron chi connectivity index (χ4n) is 5.55. The summed E-state index contributed by atoms with van der Waals surface area (Å²) < 4.78 is 0. The van der Waals surface area contributed by atoms with Gasteiger partial charge in [-0.05, 0) is 86.9 Å². The molecule has 2 aliphatic rings. The van der Waals surface area contributed by atoms with E-state index in [0.29, 0.717) is 33.4 Å². The van der Waals surface area contributed by atoms with Crippen molar-refractivity contribution in [3.8, 4) is 0 Å². The van der Waals surface area contributed by atoms with Crippen LogP contribution in [0.4, 0.5) is 11.4 Å². The van der Waals surface area contributed by atoms with Gasteiger partial charge in [0.1, 0.15) is 0 Å². The average Bonchev–Trinajstić information content (AvgIpc) is 2.84. The zero-order chi connectivity index (χ0) is 24.9. The van der Waals surface area contributed by atoms with Crippen LogP contribution in [0, 0.1) is 11.8 Å². The Morgan fingerprint density at radius 1 is 1.03 bits per heavy atom. The van der Waals surface area contributed by atoms with Crippen molar-refractivity contribution in [2.75, 3.05) is 42.9 Å². The quantitative estimate of drug-likeness (QED) is 0.371. The monoisotopic (exact) mass is 537 g/mol. The van der Waals surface area contributed by atoms with Crippen LogP contribution in [0.5, 0.6) is 0 Å². The number of hydrogen-bond donors (Lipinski definition) is 2. The lowest BCUT2D eigenvalue weighted by atomic mass is 9.79. The first-order valence-electron chi connectivity index (χ1n) is 12.5. The first kappa shape index (κ1) is 26.4. The number of benzene rings is 2. The summed E-state index contributed by atoms with van der Waals surface area (Å²) in [6, 6.07) is 11.7. The van der Waals surface area contributed by atoms with Gasteiger partial charge in [-0.2, -0.15) is 0 Å². The van der Waals surface area contributed by atoms with Crippen molar-refractivity contribution < 1.29 is 9.90 Å². The second kappa shape index (κ2) is 12.1. The highest BCUT2D eigenvalue weighted by molar-refractivity contribution is 6.35. The summed E-state index contributed by atoms with van der Waals surface area (Å²) in [7, 11) is 0. The SMILES string of the molecule is CC(Nc1cc(N2CCC(C3CCCN(CCC(=O)O)C3)CC2)ccc1Cl)c1ccc(Cl)cc1Cl. The number of nitrogens with zero attached hydrogens (tertiary/aromatic N) is 2. The van der Waals surface area contributed by atoms with Gasteiger partial charge in [-0.1, -0.05) is 40.9 Å². The van der Waals surface area contributed by atoms with Gasteiger partial charge in [-0.15, -0.1) is 0 Å². The van der Waals surface area contributed by atoms with Gasteiger partial charge in [0.25, 0.3) is 0 Å². The van der Waals surface area contributed by atoms with E-state index in [2.05, 4.69) is 34.2 Å². The summed E-state index contributed by atoms with van der Waals surface area (Å²) in [4.78, 5) is 15.7. The van der Waals surface area contributed by atoms with Crippen LogP contribution in [0.15, 0.2) is 36.4 Å². The number of carboxylic acid groups (broad SMARTS) is 1. The molecule has 2 fully saturated rings. The Bertz CT molecular complexity index is 1030. The van der Waals surface area contributed by atoms with Crippen molar-refractivity contribution in [2.24, 2.45) is 11.8 Å². The number of anilines is 2. The molecule has 35 heavy (non-hydrogen) atoms. The van der Waals surface area contributed by atoms with Gasteiger partial charge in [0.15, 0.2) is 0 Å². The minimum absolute atomic E-state index is 0.0198. The Morgan fingerprint density at radius 2 is 1.80 bits per heavy atom. The van der Waals surface area contributed by atoms with Gasteiger partial charge in [0.05, 0.1) is 23.2 Å². The number of rotatable bonds is 8. The zero-order valence-corrected chi connectivity index (χ0v) is 22.4. The Hall–Kier alpha value is -1.66. The van der Waals surface area contributed by atoms with Crippen LogP contribution in [-0.2, 0) is 4.79 Å². The highest BCUT2D eigenvalue weighted by Crippen LogP contribution is 2.36. The Kier molecular flexibility index (Phi) is 9.09. The first-order chi connectivity index (χ1) is 16.8. The maximum atomic E-state index is 10.9. The number of carboxylic acids is 1. The molecule has 0 radical (unpaired) electrons. The van der Waals surface area contributed by atoms with Crippen molar-refractivity contribution >= 4 is 52.1 Å². The van der Waals surface area contributed by atoms with Gasteiger partial charge in [-0.3, -0.25) is 4.79 Å². The lowest BCUT2D eigenvalue weighted by molar-refractivity contribution is -0.137. The van der Waals surface area contributed by atoms with E-state index in [0.717, 1.165) is 37.4 Å². The molecule has 2 aromatic rings. The molecule has 0 aromatic heterocycles. The molecule has 2 N–H and O–H groups in total. The topological polar surface area (TPSA) is 55.8 Å². The van der Waals surface area contributed by atoms with Crippen LogP contribution in [0.3, 0.4) is 0 Å². The molecule has 0 bridgehead atoms. The molecule has 190 valence electrons. The molecule has 2 atom stereocenters. The molecule has 4 rings (SSSR count). The normalized spacial score (nSPS) is 20.6. The molecule has 2 saturated heterocycles. The fraction of sp³-hybridized carbons (Fsp3) is 0.519. The molecular weight excluding hydrogens is 505 g/mol. The maximum absolute atomic E-state index is 10.9. The Labute approximate surface area is 223 Å². The molecule has 2 aliphatic heterocycles. The van der Waals surface area contributed by atoms with Crippen molar-refractivity contribution in [2.45, 2.75) is 45.1 Å². The summed E-state index contributed by atoms with van der Waals surface area (Å²) in [5, 5.41) is 14.5. The van der Waals surface area contributed by atoms with Gasteiger partial charge in [0.2, 0.25) is 0 Å². The van der Waals surface area contributed by atoms with Gasteiger partial charge >= 0.3 is 5.97 Å². The van der Waals surface area contributed by atoms with E-state index >= 15 is 0 Å². The van der Waals surface area contributed by atoms with Crippen LogP contribution < -0.4 is 10.2 Å². The second-order valence-corrected chi connectivity index (χ2v) is 11.1. The molecule has 0 spiro atoms. The van der Waals surface area contributed by atoms with Crippen LogP contribution in [0.25, 0.3) is 0 Å². The minimum atomic E-state index is -0.706. The first-order valence-corrected chi connectivity index (χ1v) is 13.6. The molecular formula is C27H34Cl3N3O2. The highest BCUT2D eigenvalue weighted by atomic mass is 35.5. The number of hydrogen-bond acceptors (Lipinski definition) is 4. The summed E-state index contributed by atoms with van der Waals surface area (Å²) >= 11 is 19.0. The van der Waals surface area contributed by atoms with E-state index in [4.69, 9.17) is 39.9 Å². The van der Waals surface area contributed by atoms with Crippen molar-refractivity contribution in [1.29, 1.82) is 0 Å². The smallest absolute Gasteiger partial charge is 0.304 e. The van der Waals surface area contributed by atoms with Crippen molar-refractivity contribution in [3.05, 3.63) is 57.0 Å². The summed E-state index contributed by atoms with van der Waals surface area (Å²) in [5.74, 6) is 0.672. The van der Waals surface area contributed by atoms with Crippen molar-refractivity contribution in [1.82, 2.24) is 4.90 Å². The van der Waals surface area contributed by atoms with E-state index in [9.17, 15) is 4.79 Å². The van der Waals surface area contributed by atoms with Crippen LogP contribution in [0.1, 0.15) is 50.6 Å². The fourth-order valence-corrected chi connectivity index (χ4v) is 6.29. The molecule has 0 amide bonds. The third kappa shape index (κ3) is 6.97. The van der Waals surface area contributed by atoms with E-state index < -0.39 is 5.97 Å². The lowest BCUT2D eigenvalue weighted by Crippen LogP contribution is -2.43. The molecule has 0 aliphatic carbocycles. The number of halogens is 3. The Balaban J connectivity index is 1.35. The molecule has 0 saturated carbocycles. The Morgan fingerprint density at radius 3 is 2.51 bits per heavy atom. The predicted octanol–water partition coefficient (Wildman–Crippen LogP) is 7.22. The number of carbonyl (C=O) groups is 1. The van der Waals surface area contributed by atoms with Gasteiger partial charge in [-0.25, -0.2) is 0 Å². The van der Waals surface area contributed by atoms with E-state index in [1.165, 1.54) is 31.4 Å². The average molecular weight is 539 g/mol. The predicted molar refractivity (Wildman–Crippen MR) is 146 cm³/mol. The van der Waals surface area contributed by atoms with E-state index in [1.54, 1.807) is 6.07 Å². The van der Waals surface area contributed by atoms with Crippen molar-refractivity contribution in [3.63, 3.8) is 0 Å². The van der Waals surface area contributed by atoms with Crippen LogP contribution in [-0.4, -0.2) is 48.7 Å². The van der Waals surface area contributed by atoms with Gasteiger partial charge in [0, 0.05) is 41.9 Å². The molecule has 2 aromatic carbocycles. The maximum Gasteiger partial charge on any atom is 0.304 e. The second-order valence-electron chi connectivity index (χ2n) is 9.87. The summed E-state index contributed by atoms with van der Waals surface area (Å²) in [5.41, 5.74) is 3.05. The van der Waals surface area contributed by atoms with E-state index in [1.807, 2.05) is 18.2 Å². The van der Waals surface area contributed by atoms with Crippen LogP contribution in [0.2, 0.25) is 15.1 Å².